The van der Waals surface area contributed by atoms with Gasteiger partial charge in [-0.1, -0.05) is 0 Å². The van der Waals surface area contributed by atoms with E-state index in [9.17, 15) is 9.59 Å². The predicted molar refractivity (Wildman–Crippen MR) is 75.4 cm³/mol. The lowest BCUT2D eigenvalue weighted by Crippen LogP contribution is -2.41. The van der Waals surface area contributed by atoms with Crippen molar-refractivity contribution >= 4 is 11.9 Å². The summed E-state index contributed by atoms with van der Waals surface area (Å²) in [5.41, 5.74) is 0. The number of rotatable bonds is 7. The van der Waals surface area contributed by atoms with E-state index in [0.29, 0.717) is 32.7 Å². The molecule has 0 atom stereocenters. The first-order valence-electron chi connectivity index (χ1n) is 7.21. The van der Waals surface area contributed by atoms with E-state index in [0.717, 1.165) is 13.0 Å². The molecule has 6 nitrogen and oxygen atoms in total. The van der Waals surface area contributed by atoms with Gasteiger partial charge in [0.05, 0.1) is 26.9 Å². The molecule has 0 unspecified atom stereocenters. The van der Waals surface area contributed by atoms with Crippen molar-refractivity contribution in [1.29, 1.82) is 0 Å². The fourth-order valence-electron chi connectivity index (χ4n) is 2.15. The van der Waals surface area contributed by atoms with E-state index in [1.165, 1.54) is 7.11 Å². The largest absolute Gasteiger partial charge is 0.468 e. The Morgan fingerprint density at radius 1 is 1.30 bits per heavy atom. The van der Waals surface area contributed by atoms with Gasteiger partial charge in [0.15, 0.2) is 0 Å². The van der Waals surface area contributed by atoms with E-state index >= 15 is 0 Å². The van der Waals surface area contributed by atoms with Crippen molar-refractivity contribution in [3.05, 3.63) is 0 Å². The summed E-state index contributed by atoms with van der Waals surface area (Å²) in [4.78, 5) is 27.2. The van der Waals surface area contributed by atoms with Crippen molar-refractivity contribution in [3.8, 4) is 0 Å². The van der Waals surface area contributed by atoms with Crippen LogP contribution >= 0.6 is 0 Å². The highest BCUT2D eigenvalue weighted by molar-refractivity contribution is 5.76. The molecular weight excluding hydrogens is 260 g/mol. The third-order valence-corrected chi connectivity index (χ3v) is 3.49. The monoisotopic (exact) mass is 286 g/mol. The van der Waals surface area contributed by atoms with Gasteiger partial charge in [-0.3, -0.25) is 14.5 Å². The Kier molecular flexibility index (Phi) is 7.54. The van der Waals surface area contributed by atoms with Gasteiger partial charge >= 0.3 is 5.97 Å². The lowest BCUT2D eigenvalue weighted by atomic mass is 10.2. The van der Waals surface area contributed by atoms with E-state index in [-0.39, 0.29) is 24.5 Å². The smallest absolute Gasteiger partial charge is 0.319 e. The molecule has 1 aliphatic heterocycles. The standard InChI is InChI=1S/C14H26N2O4/c1-12(2)16(11-14(18)19-3)6-4-5-13(17)15-7-9-20-10-8-15/h12H,4-11H2,1-3H3. The summed E-state index contributed by atoms with van der Waals surface area (Å²) in [6, 6.07) is 0.257. The minimum absolute atomic E-state index is 0.176. The van der Waals surface area contributed by atoms with Crippen LogP contribution < -0.4 is 0 Å². The van der Waals surface area contributed by atoms with Gasteiger partial charge < -0.3 is 14.4 Å². The maximum Gasteiger partial charge on any atom is 0.319 e. The van der Waals surface area contributed by atoms with Gasteiger partial charge in [-0.15, -0.1) is 0 Å². The number of carbonyl (C=O) groups excluding carboxylic acids is 2. The third kappa shape index (κ3) is 5.88. The topological polar surface area (TPSA) is 59.1 Å². The van der Waals surface area contributed by atoms with Gasteiger partial charge in [-0.05, 0) is 26.8 Å². The number of ether oxygens (including phenoxy) is 2. The predicted octanol–water partition coefficient (Wildman–Crippen LogP) is 0.509. The van der Waals surface area contributed by atoms with Crippen LogP contribution in [-0.2, 0) is 19.1 Å². The normalized spacial score (nSPS) is 15.8. The molecule has 1 aliphatic rings. The van der Waals surface area contributed by atoms with Crippen LogP contribution in [0, 0.1) is 0 Å². The molecule has 1 heterocycles. The number of hydrogen-bond acceptors (Lipinski definition) is 5. The molecule has 1 amide bonds. The molecule has 0 radical (unpaired) electrons. The molecule has 0 aliphatic carbocycles. The highest BCUT2D eigenvalue weighted by atomic mass is 16.5. The average molecular weight is 286 g/mol. The van der Waals surface area contributed by atoms with Crippen LogP contribution in [-0.4, -0.2) is 74.2 Å². The number of morpholine rings is 1. The Balaban J connectivity index is 2.28. The molecule has 6 heteroatoms. The zero-order valence-corrected chi connectivity index (χ0v) is 12.8. The third-order valence-electron chi connectivity index (χ3n) is 3.49. The van der Waals surface area contributed by atoms with Crippen LogP contribution in [0.5, 0.6) is 0 Å². The van der Waals surface area contributed by atoms with E-state index < -0.39 is 0 Å². The van der Waals surface area contributed by atoms with Crippen LogP contribution in [0.3, 0.4) is 0 Å². The van der Waals surface area contributed by atoms with Gasteiger partial charge in [0.1, 0.15) is 0 Å². The Morgan fingerprint density at radius 3 is 2.50 bits per heavy atom. The maximum atomic E-state index is 12.0. The number of hydrogen-bond donors (Lipinski definition) is 0. The number of nitrogens with zero attached hydrogens (tertiary/aromatic N) is 2. The summed E-state index contributed by atoms with van der Waals surface area (Å²) in [5, 5.41) is 0. The van der Waals surface area contributed by atoms with Crippen LogP contribution in [0.4, 0.5) is 0 Å². The van der Waals surface area contributed by atoms with Gasteiger partial charge in [0.2, 0.25) is 5.91 Å². The molecule has 1 rings (SSSR count). The second-order valence-corrected chi connectivity index (χ2v) is 5.24. The summed E-state index contributed by atoms with van der Waals surface area (Å²) >= 11 is 0. The molecule has 0 aromatic carbocycles. The van der Waals surface area contributed by atoms with Gasteiger partial charge in [-0.25, -0.2) is 0 Å². The Morgan fingerprint density at radius 2 is 1.95 bits per heavy atom. The van der Waals surface area contributed by atoms with Crippen molar-refractivity contribution in [3.63, 3.8) is 0 Å². The molecule has 1 saturated heterocycles. The van der Waals surface area contributed by atoms with E-state index in [1.54, 1.807) is 0 Å². The molecule has 116 valence electrons. The molecule has 0 aromatic heterocycles. The lowest BCUT2D eigenvalue weighted by Gasteiger charge is -2.28. The van der Waals surface area contributed by atoms with Crippen molar-refractivity contribution < 1.29 is 19.1 Å². The van der Waals surface area contributed by atoms with Crippen molar-refractivity contribution in [2.24, 2.45) is 0 Å². The van der Waals surface area contributed by atoms with Crippen molar-refractivity contribution in [2.45, 2.75) is 32.7 Å². The SMILES string of the molecule is COC(=O)CN(CCCC(=O)N1CCOCC1)C(C)C. The summed E-state index contributed by atoms with van der Waals surface area (Å²) in [5.74, 6) is -0.0618. The van der Waals surface area contributed by atoms with Crippen molar-refractivity contribution in [2.75, 3.05) is 46.5 Å². The number of esters is 1. The van der Waals surface area contributed by atoms with Crippen molar-refractivity contribution in [1.82, 2.24) is 9.80 Å². The first-order chi connectivity index (χ1) is 9.54. The number of carbonyl (C=O) groups is 2. The number of methoxy groups -OCH3 is 1. The minimum Gasteiger partial charge on any atom is -0.468 e. The summed E-state index contributed by atoms with van der Waals surface area (Å²) < 4.78 is 9.91. The van der Waals surface area contributed by atoms with Gasteiger partial charge in [0.25, 0.3) is 0 Å². The van der Waals surface area contributed by atoms with Crippen LogP contribution in [0.15, 0.2) is 0 Å². The van der Waals surface area contributed by atoms with E-state index in [2.05, 4.69) is 4.74 Å². The fraction of sp³-hybridized carbons (Fsp3) is 0.857. The molecule has 0 aromatic rings. The first-order valence-corrected chi connectivity index (χ1v) is 7.21. The fourth-order valence-corrected chi connectivity index (χ4v) is 2.15. The molecule has 1 fully saturated rings. The molecule has 0 N–H and O–H groups in total. The Hall–Kier alpha value is -1.14. The zero-order chi connectivity index (χ0) is 15.0. The molecule has 20 heavy (non-hydrogen) atoms. The second-order valence-electron chi connectivity index (χ2n) is 5.24. The number of amides is 1. The van der Waals surface area contributed by atoms with Gasteiger partial charge in [-0.2, -0.15) is 0 Å². The summed E-state index contributed by atoms with van der Waals surface area (Å²) in [7, 11) is 1.39. The summed E-state index contributed by atoms with van der Waals surface area (Å²) in [6.45, 7) is 7.71. The second kappa shape index (κ2) is 8.92. The molecular formula is C14H26N2O4. The Bertz CT molecular complexity index is 314. The van der Waals surface area contributed by atoms with E-state index in [4.69, 9.17) is 4.74 Å². The highest BCUT2D eigenvalue weighted by Crippen LogP contribution is 2.06. The quantitative estimate of drug-likeness (QED) is 0.638. The lowest BCUT2D eigenvalue weighted by molar-refractivity contribution is -0.142. The molecule has 0 bridgehead atoms. The Labute approximate surface area is 121 Å². The summed E-state index contributed by atoms with van der Waals surface area (Å²) in [6.07, 6.45) is 1.27. The zero-order valence-electron chi connectivity index (χ0n) is 12.8. The first kappa shape index (κ1) is 16.9. The van der Waals surface area contributed by atoms with E-state index in [1.807, 2.05) is 23.6 Å². The van der Waals surface area contributed by atoms with Crippen LogP contribution in [0.1, 0.15) is 26.7 Å². The van der Waals surface area contributed by atoms with Crippen LogP contribution in [0.2, 0.25) is 0 Å². The minimum atomic E-state index is -0.238. The average Bonchev–Trinajstić information content (AvgIpc) is 2.46. The van der Waals surface area contributed by atoms with Crippen LogP contribution in [0.25, 0.3) is 0 Å². The molecule has 0 saturated carbocycles. The highest BCUT2D eigenvalue weighted by Gasteiger charge is 2.18. The molecule has 0 spiro atoms. The maximum absolute atomic E-state index is 12.0. The van der Waals surface area contributed by atoms with Gasteiger partial charge in [0, 0.05) is 25.6 Å².